The summed E-state index contributed by atoms with van der Waals surface area (Å²) in [6.07, 6.45) is 2.88. The third kappa shape index (κ3) is 4.18. The van der Waals surface area contributed by atoms with E-state index in [2.05, 4.69) is 13.0 Å². The van der Waals surface area contributed by atoms with Crippen molar-refractivity contribution in [1.29, 1.82) is 0 Å². The van der Waals surface area contributed by atoms with E-state index in [0.717, 1.165) is 30.6 Å². The molecule has 1 aliphatic heterocycles. The molecule has 5 nitrogen and oxygen atoms in total. The summed E-state index contributed by atoms with van der Waals surface area (Å²) in [6.45, 7) is 2.82. The number of para-hydroxylation sites is 2. The summed E-state index contributed by atoms with van der Waals surface area (Å²) < 4.78 is 1.63. The fourth-order valence-electron chi connectivity index (χ4n) is 4.31. The number of carbonyl (C=O) groups is 1. The van der Waals surface area contributed by atoms with Crippen LogP contribution in [0, 0.1) is 0 Å². The first-order valence-electron chi connectivity index (χ1n) is 11.3. The van der Waals surface area contributed by atoms with Crippen molar-refractivity contribution in [3.8, 4) is 5.69 Å². The molecule has 0 fully saturated rings. The summed E-state index contributed by atoms with van der Waals surface area (Å²) >= 11 is 1.32. The van der Waals surface area contributed by atoms with Crippen molar-refractivity contribution < 1.29 is 4.79 Å². The second-order valence-corrected chi connectivity index (χ2v) is 9.08. The maximum absolute atomic E-state index is 13.4. The Labute approximate surface area is 197 Å². The minimum atomic E-state index is -0.122. The molecule has 0 radical (unpaired) electrons. The van der Waals surface area contributed by atoms with Gasteiger partial charge in [-0.25, -0.2) is 4.98 Å². The van der Waals surface area contributed by atoms with Gasteiger partial charge in [-0.05, 0) is 60.7 Å². The molecule has 1 aliphatic rings. The van der Waals surface area contributed by atoms with Gasteiger partial charge in [0.15, 0.2) is 5.16 Å². The summed E-state index contributed by atoms with van der Waals surface area (Å²) in [5.74, 6) is 0.244. The number of rotatable bonds is 5. The van der Waals surface area contributed by atoms with Crippen molar-refractivity contribution in [2.75, 3.05) is 17.2 Å². The number of thioether (sulfide) groups is 1. The molecule has 0 saturated heterocycles. The van der Waals surface area contributed by atoms with Crippen molar-refractivity contribution >= 4 is 34.3 Å². The topological polar surface area (TPSA) is 55.2 Å². The minimum absolute atomic E-state index is 0.0300. The Bertz CT molecular complexity index is 1380. The number of hydrogen-bond acceptors (Lipinski definition) is 4. The summed E-state index contributed by atoms with van der Waals surface area (Å²) in [7, 11) is 0. The number of amides is 1. The molecule has 0 bridgehead atoms. The Morgan fingerprint density at radius 1 is 1.00 bits per heavy atom. The van der Waals surface area contributed by atoms with Crippen LogP contribution in [0.3, 0.4) is 0 Å². The highest BCUT2D eigenvalue weighted by molar-refractivity contribution is 7.99. The maximum Gasteiger partial charge on any atom is 0.266 e. The number of aromatic nitrogens is 2. The van der Waals surface area contributed by atoms with E-state index in [9.17, 15) is 9.59 Å². The molecule has 33 heavy (non-hydrogen) atoms. The average Bonchev–Trinajstić information content (AvgIpc) is 2.87. The van der Waals surface area contributed by atoms with Gasteiger partial charge in [0.05, 0.1) is 22.3 Å². The van der Waals surface area contributed by atoms with Crippen LogP contribution in [0.5, 0.6) is 0 Å². The number of fused-ring (bicyclic) bond motifs is 2. The van der Waals surface area contributed by atoms with Crippen molar-refractivity contribution in [2.45, 2.75) is 31.3 Å². The van der Waals surface area contributed by atoms with E-state index in [1.54, 1.807) is 10.6 Å². The average molecular weight is 456 g/mol. The zero-order chi connectivity index (χ0) is 22.8. The molecular weight excluding hydrogens is 430 g/mol. The van der Waals surface area contributed by atoms with E-state index >= 15 is 0 Å². The molecule has 1 amide bonds. The zero-order valence-electron chi connectivity index (χ0n) is 18.5. The third-order valence-electron chi connectivity index (χ3n) is 6.08. The highest BCUT2D eigenvalue weighted by atomic mass is 32.2. The minimum Gasteiger partial charge on any atom is -0.311 e. The molecule has 4 aromatic rings. The number of anilines is 1. The van der Waals surface area contributed by atoms with Crippen LogP contribution in [0.2, 0.25) is 0 Å². The van der Waals surface area contributed by atoms with Gasteiger partial charge in [0.1, 0.15) is 0 Å². The Hall–Kier alpha value is -3.38. The van der Waals surface area contributed by atoms with Crippen LogP contribution in [-0.4, -0.2) is 27.8 Å². The predicted molar refractivity (Wildman–Crippen MR) is 135 cm³/mol. The Morgan fingerprint density at radius 3 is 2.58 bits per heavy atom. The number of hydrogen-bond donors (Lipinski definition) is 0. The lowest BCUT2D eigenvalue weighted by molar-refractivity contribution is -0.116. The maximum atomic E-state index is 13.4. The van der Waals surface area contributed by atoms with E-state index in [-0.39, 0.29) is 17.2 Å². The Morgan fingerprint density at radius 2 is 1.76 bits per heavy atom. The molecular formula is C27H25N3O2S. The van der Waals surface area contributed by atoms with E-state index in [4.69, 9.17) is 4.98 Å². The quantitative estimate of drug-likeness (QED) is 0.313. The number of aryl methyl sites for hydroxylation is 2. The summed E-state index contributed by atoms with van der Waals surface area (Å²) in [5, 5.41) is 1.10. The number of benzene rings is 3. The van der Waals surface area contributed by atoms with Gasteiger partial charge in [-0.2, -0.15) is 0 Å². The molecule has 0 spiro atoms. The highest BCUT2D eigenvalue weighted by Crippen LogP contribution is 2.28. The van der Waals surface area contributed by atoms with E-state index in [1.807, 2.05) is 65.6 Å². The van der Waals surface area contributed by atoms with Crippen molar-refractivity contribution in [1.82, 2.24) is 9.55 Å². The first-order chi connectivity index (χ1) is 16.2. The fourth-order valence-corrected chi connectivity index (χ4v) is 5.20. The summed E-state index contributed by atoms with van der Waals surface area (Å²) in [5.41, 5.74) is 4.68. The molecule has 3 aromatic carbocycles. The lowest BCUT2D eigenvalue weighted by Gasteiger charge is -2.29. The largest absolute Gasteiger partial charge is 0.311 e. The van der Waals surface area contributed by atoms with Gasteiger partial charge in [-0.15, -0.1) is 0 Å². The Balaban J connectivity index is 1.50. The fraction of sp³-hybridized carbons (Fsp3) is 0.222. The smallest absolute Gasteiger partial charge is 0.266 e. The standard InChI is InChI=1S/C27H25N3O2S/c1-2-19-13-15-21(16-14-19)30-26(32)22-10-4-5-11-23(22)28-27(30)33-18-25(31)29-17-7-9-20-8-3-6-12-24(20)29/h3-6,8,10-16H,2,7,9,17-18H2,1H3. The van der Waals surface area contributed by atoms with Gasteiger partial charge >= 0.3 is 0 Å². The summed E-state index contributed by atoms with van der Waals surface area (Å²) in [6, 6.07) is 23.4. The van der Waals surface area contributed by atoms with Crippen LogP contribution in [0.25, 0.3) is 16.6 Å². The second-order valence-electron chi connectivity index (χ2n) is 8.14. The molecule has 0 unspecified atom stereocenters. The van der Waals surface area contributed by atoms with Gasteiger partial charge < -0.3 is 4.90 Å². The molecule has 6 heteroatoms. The second kappa shape index (κ2) is 9.24. The van der Waals surface area contributed by atoms with Gasteiger partial charge in [0.25, 0.3) is 5.56 Å². The third-order valence-corrected chi connectivity index (χ3v) is 7.01. The van der Waals surface area contributed by atoms with E-state index in [1.165, 1.54) is 22.9 Å². The van der Waals surface area contributed by atoms with E-state index in [0.29, 0.717) is 22.6 Å². The normalized spacial score (nSPS) is 13.2. The van der Waals surface area contributed by atoms with Gasteiger partial charge in [-0.3, -0.25) is 14.2 Å². The SMILES string of the molecule is CCc1ccc(-n2c(SCC(=O)N3CCCc4ccccc43)nc3ccccc3c2=O)cc1. The van der Waals surface area contributed by atoms with Crippen LogP contribution in [0.15, 0.2) is 82.7 Å². The van der Waals surface area contributed by atoms with Crippen LogP contribution >= 0.6 is 11.8 Å². The van der Waals surface area contributed by atoms with Crippen molar-refractivity contribution in [3.63, 3.8) is 0 Å². The molecule has 0 atom stereocenters. The Kier molecular flexibility index (Phi) is 6.01. The van der Waals surface area contributed by atoms with Gasteiger partial charge in [0.2, 0.25) is 5.91 Å². The lowest BCUT2D eigenvalue weighted by Crippen LogP contribution is -2.36. The monoisotopic (exact) mass is 455 g/mol. The lowest BCUT2D eigenvalue weighted by atomic mass is 10.0. The van der Waals surface area contributed by atoms with Crippen molar-refractivity contribution in [3.05, 3.63) is 94.3 Å². The van der Waals surface area contributed by atoms with Crippen LogP contribution in [-0.2, 0) is 17.6 Å². The molecule has 2 heterocycles. The van der Waals surface area contributed by atoms with Crippen LogP contribution < -0.4 is 10.5 Å². The molecule has 0 N–H and O–H groups in total. The van der Waals surface area contributed by atoms with Gasteiger partial charge in [0, 0.05) is 12.2 Å². The van der Waals surface area contributed by atoms with E-state index < -0.39 is 0 Å². The van der Waals surface area contributed by atoms with Crippen molar-refractivity contribution in [2.24, 2.45) is 0 Å². The molecule has 1 aromatic heterocycles. The first kappa shape index (κ1) is 21.5. The summed E-state index contributed by atoms with van der Waals surface area (Å²) in [4.78, 5) is 33.3. The number of carbonyl (C=O) groups excluding carboxylic acids is 1. The van der Waals surface area contributed by atoms with Gasteiger partial charge in [-0.1, -0.05) is 61.2 Å². The molecule has 166 valence electrons. The van der Waals surface area contributed by atoms with Crippen LogP contribution in [0.1, 0.15) is 24.5 Å². The molecule has 5 rings (SSSR count). The first-order valence-corrected chi connectivity index (χ1v) is 12.3. The highest BCUT2D eigenvalue weighted by Gasteiger charge is 2.23. The molecule has 0 aliphatic carbocycles. The zero-order valence-corrected chi connectivity index (χ0v) is 19.3. The number of nitrogens with zero attached hydrogens (tertiary/aromatic N) is 3. The predicted octanol–water partition coefficient (Wildman–Crippen LogP) is 5.02. The molecule has 0 saturated carbocycles. The van der Waals surface area contributed by atoms with Crippen LogP contribution in [0.4, 0.5) is 5.69 Å².